The fourth-order valence-electron chi connectivity index (χ4n) is 2.19. The number of nitrogens with two attached hydrogens (primary N) is 1. The number of carbonyl (C=O) groups excluding carboxylic acids is 2. The summed E-state index contributed by atoms with van der Waals surface area (Å²) >= 11 is 0.878. The van der Waals surface area contributed by atoms with E-state index in [-0.39, 0.29) is 38.8 Å². The molecule has 0 aliphatic rings. The third-order valence-corrected chi connectivity index (χ3v) is 4.69. The Kier molecular flexibility index (Phi) is 18.7. The summed E-state index contributed by atoms with van der Waals surface area (Å²) in [5, 5.41) is 17.8. The lowest BCUT2D eigenvalue weighted by molar-refractivity contribution is -0.757. The largest absolute Gasteiger partial charge is 0.508 e. The summed E-state index contributed by atoms with van der Waals surface area (Å²) in [5.74, 6) is 0.205. The summed E-state index contributed by atoms with van der Waals surface area (Å²) < 4.78 is 14.8. The van der Waals surface area contributed by atoms with Crippen molar-refractivity contribution in [3.8, 4) is 0 Å². The third kappa shape index (κ3) is 22.1. The molecule has 0 bridgehead atoms. The summed E-state index contributed by atoms with van der Waals surface area (Å²) in [4.78, 5) is 51.4. The topological polar surface area (TPSA) is 193 Å². The van der Waals surface area contributed by atoms with E-state index in [2.05, 4.69) is 9.68 Å². The van der Waals surface area contributed by atoms with Crippen molar-refractivity contribution < 1.29 is 43.6 Å². The van der Waals surface area contributed by atoms with E-state index < -0.39 is 27.7 Å². The molecule has 14 nitrogen and oxygen atoms in total. The summed E-state index contributed by atoms with van der Waals surface area (Å²) in [6, 6.07) is -0.566. The van der Waals surface area contributed by atoms with Crippen LogP contribution in [0.4, 0.5) is 9.59 Å². The van der Waals surface area contributed by atoms with Crippen LogP contribution in [0.15, 0.2) is 0 Å². The van der Waals surface area contributed by atoms with Crippen LogP contribution >= 0.6 is 11.8 Å². The molecular formula is C17H31N3O11S. The first-order valence-electron chi connectivity index (χ1n) is 10.2. The molecule has 186 valence electrons. The Morgan fingerprint density at radius 3 is 1.72 bits per heavy atom. The molecule has 1 atom stereocenters. The zero-order valence-corrected chi connectivity index (χ0v) is 18.7. The van der Waals surface area contributed by atoms with E-state index in [0.717, 1.165) is 31.0 Å². The van der Waals surface area contributed by atoms with Gasteiger partial charge in [0.15, 0.2) is 0 Å². The molecule has 0 heterocycles. The molecule has 0 aliphatic carbocycles. The number of unbranched alkanes of at least 4 members (excludes halogenated alkanes) is 6. The van der Waals surface area contributed by atoms with Gasteiger partial charge in [-0.2, -0.15) is 0 Å². The Balaban J connectivity index is 3.50. The van der Waals surface area contributed by atoms with Crippen molar-refractivity contribution in [3.63, 3.8) is 0 Å². The van der Waals surface area contributed by atoms with Gasteiger partial charge in [-0.1, -0.05) is 12.8 Å². The molecule has 0 aliphatic heterocycles. The van der Waals surface area contributed by atoms with Gasteiger partial charge in [-0.3, -0.25) is 0 Å². The summed E-state index contributed by atoms with van der Waals surface area (Å²) in [6.45, 7) is 0.392. The Hall–Kier alpha value is -2.55. The molecule has 0 saturated heterocycles. The second-order valence-electron chi connectivity index (χ2n) is 6.52. The molecule has 0 aromatic heterocycles. The van der Waals surface area contributed by atoms with Gasteiger partial charge in [0.05, 0.1) is 26.4 Å². The van der Waals surface area contributed by atoms with Crippen molar-refractivity contribution in [1.82, 2.24) is 0 Å². The van der Waals surface area contributed by atoms with E-state index in [0.29, 0.717) is 32.1 Å². The quantitative estimate of drug-likeness (QED) is 0.115. The Morgan fingerprint density at radius 1 is 0.750 bits per heavy atom. The highest BCUT2D eigenvalue weighted by atomic mass is 32.2. The van der Waals surface area contributed by atoms with Crippen LogP contribution in [0.1, 0.15) is 51.4 Å². The molecule has 0 aromatic carbocycles. The summed E-state index contributed by atoms with van der Waals surface area (Å²) in [6.07, 6.45) is 4.40. The van der Waals surface area contributed by atoms with Crippen LogP contribution in [-0.4, -0.2) is 66.5 Å². The van der Waals surface area contributed by atoms with Gasteiger partial charge in [-0.05, 0) is 50.3 Å². The Morgan fingerprint density at radius 2 is 1.22 bits per heavy atom. The lowest BCUT2D eigenvalue weighted by Crippen LogP contribution is -2.31. The maximum Gasteiger partial charge on any atom is 0.508 e. The first-order chi connectivity index (χ1) is 15.3. The molecule has 1 unspecified atom stereocenters. The van der Waals surface area contributed by atoms with Gasteiger partial charge < -0.3 is 29.6 Å². The lowest BCUT2D eigenvalue weighted by atomic mass is 10.2. The first kappa shape index (κ1) is 29.5. The molecule has 0 saturated carbocycles. The monoisotopic (exact) mass is 485 g/mol. The molecule has 0 amide bonds. The molecule has 0 fully saturated rings. The number of thioether (sulfide) groups is 1. The van der Waals surface area contributed by atoms with Gasteiger partial charge in [0.2, 0.25) is 0 Å². The number of nitrogens with zero attached hydrogens (tertiary/aromatic N) is 2. The predicted molar refractivity (Wildman–Crippen MR) is 112 cm³/mol. The lowest BCUT2D eigenvalue weighted by Gasteiger charge is -2.11. The summed E-state index contributed by atoms with van der Waals surface area (Å²) in [5.41, 5.74) is 5.78. The molecule has 0 spiro atoms. The van der Waals surface area contributed by atoms with E-state index in [4.69, 9.17) is 19.9 Å². The molecule has 15 heteroatoms. The van der Waals surface area contributed by atoms with E-state index in [1.807, 2.05) is 0 Å². The number of hydrogen-bond donors (Lipinski definition) is 1. The highest BCUT2D eigenvalue weighted by Crippen LogP contribution is 2.09. The fraction of sp³-hybridized carbons (Fsp3) is 0.882. The molecule has 2 N–H and O–H groups in total. The average Bonchev–Trinajstić information content (AvgIpc) is 2.74. The molecule has 32 heavy (non-hydrogen) atoms. The van der Waals surface area contributed by atoms with Gasteiger partial charge in [-0.25, -0.2) is 9.59 Å². The minimum absolute atomic E-state index is 0.0446. The zero-order valence-electron chi connectivity index (χ0n) is 17.8. The standard InChI is InChI=1S/C17H31N3O11S/c18-15(13-29-16(21)27-9-5-1-3-7-11-30-19(23)24)14-32-17(22)28-10-6-2-4-8-12-31-20(25)26/h15H,1-14,18H2. The highest BCUT2D eigenvalue weighted by molar-refractivity contribution is 8.13. The molecule has 0 aromatic rings. The SMILES string of the molecule is NC(COC(=O)OCCCCCCO[N+](=O)[O-])CSC(=O)OCCCCCCO[N+](=O)[O-]. The van der Waals surface area contributed by atoms with Crippen LogP contribution in [0.2, 0.25) is 0 Å². The van der Waals surface area contributed by atoms with Crippen LogP contribution < -0.4 is 5.73 Å². The van der Waals surface area contributed by atoms with Gasteiger partial charge in [0.1, 0.15) is 6.61 Å². The molecular weight excluding hydrogens is 454 g/mol. The number of hydrogen-bond acceptors (Lipinski definition) is 13. The van der Waals surface area contributed by atoms with Gasteiger partial charge in [-0.15, -0.1) is 20.2 Å². The van der Waals surface area contributed by atoms with Crippen LogP contribution in [0.5, 0.6) is 0 Å². The minimum Gasteiger partial charge on any atom is -0.458 e. The third-order valence-electron chi connectivity index (χ3n) is 3.74. The normalized spacial score (nSPS) is 11.3. The predicted octanol–water partition coefficient (Wildman–Crippen LogP) is 2.87. The van der Waals surface area contributed by atoms with Crippen molar-refractivity contribution in [3.05, 3.63) is 20.2 Å². The van der Waals surface area contributed by atoms with Crippen molar-refractivity contribution in [1.29, 1.82) is 0 Å². The van der Waals surface area contributed by atoms with Gasteiger partial charge in [0.25, 0.3) is 10.2 Å². The maximum atomic E-state index is 11.6. The Bertz CT molecular complexity index is 508. The van der Waals surface area contributed by atoms with Crippen molar-refractivity contribution in [2.45, 2.75) is 57.4 Å². The number of carbonyl (C=O) groups is 2. The van der Waals surface area contributed by atoms with Crippen molar-refractivity contribution in [2.75, 3.05) is 38.8 Å². The Labute approximate surface area is 189 Å². The van der Waals surface area contributed by atoms with E-state index in [9.17, 15) is 29.8 Å². The van der Waals surface area contributed by atoms with Crippen LogP contribution in [-0.2, 0) is 23.9 Å². The smallest absolute Gasteiger partial charge is 0.458 e. The van der Waals surface area contributed by atoms with E-state index in [1.165, 1.54) is 0 Å². The van der Waals surface area contributed by atoms with Crippen molar-refractivity contribution >= 4 is 23.2 Å². The maximum absolute atomic E-state index is 11.6. The minimum atomic E-state index is -0.853. The fourth-order valence-corrected chi connectivity index (χ4v) is 2.80. The van der Waals surface area contributed by atoms with Gasteiger partial charge >= 0.3 is 11.5 Å². The number of rotatable bonds is 20. The van der Waals surface area contributed by atoms with Crippen LogP contribution in [0.25, 0.3) is 0 Å². The second kappa shape index (κ2) is 20.4. The zero-order chi connectivity index (χ0) is 24.0. The van der Waals surface area contributed by atoms with E-state index in [1.54, 1.807) is 0 Å². The van der Waals surface area contributed by atoms with E-state index >= 15 is 0 Å². The molecule has 0 rings (SSSR count). The van der Waals surface area contributed by atoms with Crippen LogP contribution in [0, 0.1) is 20.2 Å². The second-order valence-corrected chi connectivity index (χ2v) is 7.48. The van der Waals surface area contributed by atoms with Crippen molar-refractivity contribution in [2.24, 2.45) is 5.73 Å². The average molecular weight is 486 g/mol. The first-order valence-corrected chi connectivity index (χ1v) is 11.2. The molecule has 0 radical (unpaired) electrons. The van der Waals surface area contributed by atoms with Gasteiger partial charge in [0, 0.05) is 11.8 Å². The van der Waals surface area contributed by atoms with Crippen LogP contribution in [0.3, 0.4) is 0 Å². The highest BCUT2D eigenvalue weighted by Gasteiger charge is 2.12. The summed E-state index contributed by atoms with van der Waals surface area (Å²) in [7, 11) is 0. The number of ether oxygens (including phenoxy) is 3.